The maximum absolute atomic E-state index is 13.5. The first kappa shape index (κ1) is 19.3. The molecule has 2 aromatic carbocycles. The topological polar surface area (TPSA) is 96.3 Å². The van der Waals surface area contributed by atoms with Gasteiger partial charge in [-0.25, -0.2) is 26.3 Å². The highest BCUT2D eigenvalue weighted by molar-refractivity contribution is 7.90. The number of nitrogens with zero attached hydrogens (tertiary/aromatic N) is 1. The van der Waals surface area contributed by atoms with Gasteiger partial charge in [-0.05, 0) is 31.2 Å². The van der Waals surface area contributed by atoms with Crippen LogP contribution in [0.3, 0.4) is 0 Å². The number of ether oxygens (including phenoxy) is 1. The van der Waals surface area contributed by atoms with Crippen LogP contribution in [0.5, 0.6) is 5.75 Å². The predicted molar refractivity (Wildman–Crippen MR) is 82.9 cm³/mol. The molecule has 0 fully saturated rings. The van der Waals surface area contributed by atoms with Gasteiger partial charge in [-0.3, -0.25) is 4.79 Å². The maximum atomic E-state index is 13.5. The molecular weight excluding hydrogens is 373 g/mol. The summed E-state index contributed by atoms with van der Waals surface area (Å²) in [5.74, 6) is -4.74. The van der Waals surface area contributed by atoms with Crippen molar-refractivity contribution in [1.82, 2.24) is 4.72 Å². The van der Waals surface area contributed by atoms with E-state index in [2.05, 4.69) is 0 Å². The number of rotatable bonds is 5. The molecule has 0 bridgehead atoms. The number of benzene rings is 2. The van der Waals surface area contributed by atoms with Crippen molar-refractivity contribution in [2.45, 2.75) is 17.9 Å². The Kier molecular flexibility index (Phi) is 5.52. The summed E-state index contributed by atoms with van der Waals surface area (Å²) in [5.41, 5.74) is -0.748. The number of nitrogens with one attached hydrogen (secondary N) is 1. The van der Waals surface area contributed by atoms with Gasteiger partial charge in [0.1, 0.15) is 28.1 Å². The van der Waals surface area contributed by atoms with Crippen LogP contribution < -0.4 is 9.46 Å². The summed E-state index contributed by atoms with van der Waals surface area (Å²) in [7, 11) is -4.55. The van der Waals surface area contributed by atoms with Gasteiger partial charge < -0.3 is 4.74 Å². The number of halogens is 3. The zero-order valence-electron chi connectivity index (χ0n) is 13.2. The van der Waals surface area contributed by atoms with Gasteiger partial charge in [-0.15, -0.1) is 0 Å². The molecule has 0 unspecified atom stereocenters. The third-order valence-electron chi connectivity index (χ3n) is 3.18. The van der Waals surface area contributed by atoms with Gasteiger partial charge in [-0.1, -0.05) is 6.07 Å². The third-order valence-corrected chi connectivity index (χ3v) is 4.57. The first-order chi connectivity index (χ1) is 12.2. The van der Waals surface area contributed by atoms with Crippen molar-refractivity contribution in [2.24, 2.45) is 0 Å². The van der Waals surface area contributed by atoms with Gasteiger partial charge >= 0.3 is 0 Å². The molecule has 0 radical (unpaired) electrons. The minimum absolute atomic E-state index is 0.201. The molecule has 0 aliphatic heterocycles. The molecule has 1 atom stereocenters. The SMILES string of the molecule is C[C@@H](Oc1ccc(F)c(F)c1)C(=O)NS(=O)(=O)c1cccc(F)c1C#N. The van der Waals surface area contributed by atoms with E-state index in [4.69, 9.17) is 10.00 Å². The summed E-state index contributed by atoms with van der Waals surface area (Å²) >= 11 is 0. The monoisotopic (exact) mass is 384 g/mol. The van der Waals surface area contributed by atoms with Crippen molar-refractivity contribution in [3.05, 3.63) is 59.4 Å². The largest absolute Gasteiger partial charge is 0.481 e. The van der Waals surface area contributed by atoms with E-state index in [1.54, 1.807) is 4.72 Å². The molecule has 0 saturated carbocycles. The standard InChI is InChI=1S/C16H11F3N2O4S/c1-9(25-10-5-6-13(18)14(19)7-10)16(22)21-26(23,24)15-4-2-3-12(17)11(15)8-20/h2-7,9H,1H3,(H,21,22)/t9-/m1/s1. The van der Waals surface area contributed by atoms with Crippen molar-refractivity contribution in [1.29, 1.82) is 5.26 Å². The Balaban J connectivity index is 2.19. The predicted octanol–water partition coefficient (Wildman–Crippen LogP) is 2.25. The lowest BCUT2D eigenvalue weighted by Crippen LogP contribution is -2.40. The third kappa shape index (κ3) is 4.12. The van der Waals surface area contributed by atoms with Crippen molar-refractivity contribution in [2.75, 3.05) is 0 Å². The van der Waals surface area contributed by atoms with Gasteiger partial charge in [-0.2, -0.15) is 5.26 Å². The van der Waals surface area contributed by atoms with Crippen LogP contribution >= 0.6 is 0 Å². The number of nitriles is 1. The zero-order valence-corrected chi connectivity index (χ0v) is 14.0. The Morgan fingerprint density at radius 1 is 1.15 bits per heavy atom. The maximum Gasteiger partial charge on any atom is 0.274 e. The normalized spacial score (nSPS) is 12.1. The molecular formula is C16H11F3N2O4S. The number of sulfonamides is 1. The summed E-state index contributed by atoms with van der Waals surface area (Å²) in [6.45, 7) is 1.17. The molecule has 0 saturated heterocycles. The van der Waals surface area contributed by atoms with E-state index in [1.165, 1.54) is 13.0 Å². The number of hydrogen-bond donors (Lipinski definition) is 1. The average Bonchev–Trinajstić information content (AvgIpc) is 2.57. The van der Waals surface area contributed by atoms with E-state index in [0.29, 0.717) is 6.07 Å². The minimum atomic E-state index is -4.55. The van der Waals surface area contributed by atoms with Gasteiger partial charge in [0.2, 0.25) is 0 Å². The summed E-state index contributed by atoms with van der Waals surface area (Å²) in [6.07, 6.45) is -1.41. The van der Waals surface area contributed by atoms with Crippen molar-refractivity contribution >= 4 is 15.9 Å². The molecule has 1 N–H and O–H groups in total. The Labute approximate surface area is 146 Å². The van der Waals surface area contributed by atoms with Gasteiger partial charge in [0, 0.05) is 6.07 Å². The molecule has 2 aromatic rings. The summed E-state index contributed by atoms with van der Waals surface area (Å²) in [5, 5.41) is 8.89. The molecule has 6 nitrogen and oxygen atoms in total. The lowest BCUT2D eigenvalue weighted by atomic mass is 10.2. The van der Waals surface area contributed by atoms with Crippen molar-refractivity contribution in [3.8, 4) is 11.8 Å². The second kappa shape index (κ2) is 7.45. The fourth-order valence-electron chi connectivity index (χ4n) is 1.91. The number of amides is 1. The summed E-state index contributed by atoms with van der Waals surface area (Å²) in [6, 6.07) is 6.85. The average molecular weight is 384 g/mol. The fraction of sp³-hybridized carbons (Fsp3) is 0.125. The second-order valence-corrected chi connectivity index (χ2v) is 6.68. The Hall–Kier alpha value is -3.06. The Morgan fingerprint density at radius 2 is 1.85 bits per heavy atom. The Morgan fingerprint density at radius 3 is 2.46 bits per heavy atom. The zero-order chi connectivity index (χ0) is 19.5. The molecule has 0 spiro atoms. The minimum Gasteiger partial charge on any atom is -0.481 e. The highest BCUT2D eigenvalue weighted by Gasteiger charge is 2.26. The highest BCUT2D eigenvalue weighted by atomic mass is 32.2. The Bertz CT molecular complexity index is 1000. The van der Waals surface area contributed by atoms with E-state index in [-0.39, 0.29) is 5.75 Å². The molecule has 0 aromatic heterocycles. The quantitative estimate of drug-likeness (QED) is 0.853. The van der Waals surface area contributed by atoms with Crippen LogP contribution in [0.25, 0.3) is 0 Å². The van der Waals surface area contributed by atoms with Gasteiger partial charge in [0.25, 0.3) is 15.9 Å². The lowest BCUT2D eigenvalue weighted by molar-refractivity contribution is -0.125. The number of carbonyl (C=O) groups is 1. The molecule has 136 valence electrons. The molecule has 0 aliphatic carbocycles. The smallest absolute Gasteiger partial charge is 0.274 e. The molecule has 0 heterocycles. The second-order valence-electron chi connectivity index (χ2n) is 5.03. The van der Waals surface area contributed by atoms with Crippen molar-refractivity contribution in [3.63, 3.8) is 0 Å². The van der Waals surface area contributed by atoms with E-state index < -0.39 is 49.9 Å². The molecule has 26 heavy (non-hydrogen) atoms. The van der Waals surface area contributed by atoms with Crippen LogP contribution in [0.2, 0.25) is 0 Å². The molecule has 2 rings (SSSR count). The number of carbonyl (C=O) groups excluding carboxylic acids is 1. The van der Waals surface area contributed by atoms with E-state index in [9.17, 15) is 26.4 Å². The molecule has 10 heteroatoms. The lowest BCUT2D eigenvalue weighted by Gasteiger charge is -2.15. The van der Waals surface area contributed by atoms with Crippen LogP contribution in [0.15, 0.2) is 41.3 Å². The van der Waals surface area contributed by atoms with Gasteiger partial charge in [0.15, 0.2) is 17.7 Å². The first-order valence-corrected chi connectivity index (χ1v) is 8.51. The molecule has 1 amide bonds. The summed E-state index contributed by atoms with van der Waals surface area (Å²) < 4.78 is 70.7. The van der Waals surface area contributed by atoms with Crippen LogP contribution in [0.1, 0.15) is 12.5 Å². The number of hydrogen-bond acceptors (Lipinski definition) is 5. The van der Waals surface area contributed by atoms with E-state index in [1.807, 2.05) is 0 Å². The first-order valence-electron chi connectivity index (χ1n) is 7.02. The van der Waals surface area contributed by atoms with Gasteiger partial charge in [0.05, 0.1) is 0 Å². The van der Waals surface area contributed by atoms with Crippen LogP contribution in [-0.2, 0) is 14.8 Å². The van der Waals surface area contributed by atoms with E-state index >= 15 is 0 Å². The fourth-order valence-corrected chi connectivity index (χ4v) is 3.13. The van der Waals surface area contributed by atoms with Crippen LogP contribution in [0.4, 0.5) is 13.2 Å². The van der Waals surface area contributed by atoms with Crippen LogP contribution in [-0.4, -0.2) is 20.4 Å². The molecule has 0 aliphatic rings. The summed E-state index contributed by atoms with van der Waals surface area (Å²) in [4.78, 5) is 11.3. The van der Waals surface area contributed by atoms with Crippen LogP contribution in [0, 0.1) is 28.8 Å². The van der Waals surface area contributed by atoms with E-state index in [0.717, 1.165) is 30.3 Å². The van der Waals surface area contributed by atoms with Crippen molar-refractivity contribution < 1.29 is 31.1 Å². The highest BCUT2D eigenvalue weighted by Crippen LogP contribution is 2.19.